The summed E-state index contributed by atoms with van der Waals surface area (Å²) in [5, 5.41) is 2.81. The molecule has 0 unspecified atom stereocenters. The summed E-state index contributed by atoms with van der Waals surface area (Å²) < 4.78 is 5.50. The van der Waals surface area contributed by atoms with Gasteiger partial charge in [0.1, 0.15) is 12.4 Å². The van der Waals surface area contributed by atoms with Crippen LogP contribution in [0.25, 0.3) is 0 Å². The molecule has 1 aromatic rings. The predicted octanol–water partition coefficient (Wildman–Crippen LogP) is 1.54. The van der Waals surface area contributed by atoms with Gasteiger partial charge >= 0.3 is 0 Å². The number of rotatable bonds is 3. The minimum absolute atomic E-state index is 0.0136. The second-order valence-corrected chi connectivity index (χ2v) is 3.39. The Balaban J connectivity index is 2.35. The molecule has 1 aliphatic heterocycles. The molecule has 3 nitrogen and oxygen atoms in total. The van der Waals surface area contributed by atoms with E-state index in [1.165, 1.54) is 0 Å². The average molecular weight is 203 g/mol. The highest BCUT2D eigenvalue weighted by molar-refractivity contribution is 5.97. The molecule has 1 aromatic carbocycles. The van der Waals surface area contributed by atoms with E-state index in [1.807, 2.05) is 18.2 Å². The standard InChI is InChI=1S/C12H13NO2/c1-2-8-15-11-5-3-4-10-9(11)6-7-13-12(10)14/h2-5H,1,6-8H2,(H,13,14). The molecule has 0 spiro atoms. The van der Waals surface area contributed by atoms with E-state index in [1.54, 1.807) is 6.08 Å². The Hall–Kier alpha value is -1.77. The monoisotopic (exact) mass is 203 g/mol. The zero-order valence-electron chi connectivity index (χ0n) is 8.45. The third-order valence-electron chi connectivity index (χ3n) is 2.39. The SMILES string of the molecule is C=CCOc1cccc2c1CCNC2=O. The van der Waals surface area contributed by atoms with E-state index in [0.717, 1.165) is 23.3 Å². The highest BCUT2D eigenvalue weighted by Crippen LogP contribution is 2.25. The summed E-state index contributed by atoms with van der Waals surface area (Å²) in [4.78, 5) is 11.5. The van der Waals surface area contributed by atoms with Crippen molar-refractivity contribution in [3.63, 3.8) is 0 Å². The molecule has 1 heterocycles. The van der Waals surface area contributed by atoms with Gasteiger partial charge in [0.15, 0.2) is 0 Å². The molecule has 3 heteroatoms. The van der Waals surface area contributed by atoms with Gasteiger partial charge in [-0.2, -0.15) is 0 Å². The van der Waals surface area contributed by atoms with Crippen molar-refractivity contribution in [1.82, 2.24) is 5.32 Å². The molecule has 1 N–H and O–H groups in total. The van der Waals surface area contributed by atoms with Gasteiger partial charge in [-0.3, -0.25) is 4.79 Å². The first kappa shape index (κ1) is 9.77. The number of carbonyl (C=O) groups is 1. The van der Waals surface area contributed by atoms with Gasteiger partial charge in [-0.1, -0.05) is 18.7 Å². The lowest BCUT2D eigenvalue weighted by Crippen LogP contribution is -2.32. The fraction of sp³-hybridized carbons (Fsp3) is 0.250. The van der Waals surface area contributed by atoms with Crippen molar-refractivity contribution in [2.24, 2.45) is 0 Å². The number of benzene rings is 1. The maximum absolute atomic E-state index is 11.5. The van der Waals surface area contributed by atoms with Gasteiger partial charge in [-0.15, -0.1) is 0 Å². The fourth-order valence-electron chi connectivity index (χ4n) is 1.72. The minimum atomic E-state index is -0.0136. The lowest BCUT2D eigenvalue weighted by atomic mass is 9.99. The van der Waals surface area contributed by atoms with E-state index in [0.29, 0.717) is 13.2 Å². The molecule has 78 valence electrons. The maximum atomic E-state index is 11.5. The summed E-state index contributed by atoms with van der Waals surface area (Å²) in [6, 6.07) is 5.55. The zero-order valence-corrected chi connectivity index (χ0v) is 8.45. The number of hydrogen-bond donors (Lipinski definition) is 1. The third kappa shape index (κ3) is 1.86. The van der Waals surface area contributed by atoms with Crippen molar-refractivity contribution >= 4 is 5.91 Å². The van der Waals surface area contributed by atoms with Crippen molar-refractivity contribution in [3.05, 3.63) is 42.0 Å². The quantitative estimate of drug-likeness (QED) is 0.757. The van der Waals surface area contributed by atoms with Gasteiger partial charge in [0.05, 0.1) is 0 Å². The highest BCUT2D eigenvalue weighted by atomic mass is 16.5. The van der Waals surface area contributed by atoms with Gasteiger partial charge < -0.3 is 10.1 Å². The van der Waals surface area contributed by atoms with Gasteiger partial charge in [0, 0.05) is 17.7 Å². The number of hydrogen-bond acceptors (Lipinski definition) is 2. The van der Waals surface area contributed by atoms with Gasteiger partial charge in [-0.25, -0.2) is 0 Å². The maximum Gasteiger partial charge on any atom is 0.251 e. The number of amides is 1. The first-order chi connectivity index (χ1) is 7.33. The molecule has 0 atom stereocenters. The Bertz CT molecular complexity index is 399. The molecular weight excluding hydrogens is 190 g/mol. The average Bonchev–Trinajstić information content (AvgIpc) is 2.27. The molecule has 1 amide bonds. The van der Waals surface area contributed by atoms with Crippen LogP contribution >= 0.6 is 0 Å². The van der Waals surface area contributed by atoms with Crippen LogP contribution in [0.3, 0.4) is 0 Å². The van der Waals surface area contributed by atoms with E-state index in [-0.39, 0.29) is 5.91 Å². The van der Waals surface area contributed by atoms with Crippen LogP contribution in [0.2, 0.25) is 0 Å². The molecule has 0 radical (unpaired) electrons. The van der Waals surface area contributed by atoms with E-state index in [2.05, 4.69) is 11.9 Å². The fourth-order valence-corrected chi connectivity index (χ4v) is 1.72. The first-order valence-corrected chi connectivity index (χ1v) is 4.96. The van der Waals surface area contributed by atoms with Crippen molar-refractivity contribution in [3.8, 4) is 5.75 Å². The van der Waals surface area contributed by atoms with Gasteiger partial charge in [-0.05, 0) is 18.6 Å². The van der Waals surface area contributed by atoms with Crippen molar-refractivity contribution in [2.45, 2.75) is 6.42 Å². The van der Waals surface area contributed by atoms with Crippen LogP contribution in [-0.4, -0.2) is 19.1 Å². The molecule has 0 saturated carbocycles. The number of nitrogens with one attached hydrogen (secondary N) is 1. The summed E-state index contributed by atoms with van der Waals surface area (Å²) in [6.07, 6.45) is 2.52. The summed E-state index contributed by atoms with van der Waals surface area (Å²) in [5.74, 6) is 0.780. The topological polar surface area (TPSA) is 38.3 Å². The lowest BCUT2D eigenvalue weighted by molar-refractivity contribution is 0.0945. The second-order valence-electron chi connectivity index (χ2n) is 3.39. The van der Waals surface area contributed by atoms with E-state index < -0.39 is 0 Å². The summed E-state index contributed by atoms with van der Waals surface area (Å²) in [5.41, 5.74) is 1.73. The lowest BCUT2D eigenvalue weighted by Gasteiger charge is -2.19. The summed E-state index contributed by atoms with van der Waals surface area (Å²) in [6.45, 7) is 4.75. The molecule has 0 bridgehead atoms. The summed E-state index contributed by atoms with van der Waals surface area (Å²) >= 11 is 0. The van der Waals surface area contributed by atoms with Crippen LogP contribution < -0.4 is 10.1 Å². The number of ether oxygens (including phenoxy) is 1. The van der Waals surface area contributed by atoms with Crippen LogP contribution in [0.1, 0.15) is 15.9 Å². The van der Waals surface area contributed by atoms with E-state index in [9.17, 15) is 4.79 Å². The smallest absolute Gasteiger partial charge is 0.251 e. The molecule has 0 aromatic heterocycles. The molecule has 0 saturated heterocycles. The van der Waals surface area contributed by atoms with Gasteiger partial charge in [0.2, 0.25) is 0 Å². The summed E-state index contributed by atoms with van der Waals surface area (Å²) in [7, 11) is 0. The van der Waals surface area contributed by atoms with Crippen molar-refractivity contribution < 1.29 is 9.53 Å². The van der Waals surface area contributed by atoms with Crippen LogP contribution in [0.4, 0.5) is 0 Å². The molecular formula is C12H13NO2. The normalized spacial score (nSPS) is 14.0. The Labute approximate surface area is 88.8 Å². The zero-order chi connectivity index (χ0) is 10.7. The van der Waals surface area contributed by atoms with Crippen LogP contribution in [-0.2, 0) is 6.42 Å². The Morgan fingerprint density at radius 2 is 2.40 bits per heavy atom. The Kier molecular flexibility index (Phi) is 2.72. The second kappa shape index (κ2) is 4.17. The van der Waals surface area contributed by atoms with E-state index >= 15 is 0 Å². The van der Waals surface area contributed by atoms with E-state index in [4.69, 9.17) is 4.74 Å². The van der Waals surface area contributed by atoms with Gasteiger partial charge in [0.25, 0.3) is 5.91 Å². The predicted molar refractivity (Wildman–Crippen MR) is 58.2 cm³/mol. The van der Waals surface area contributed by atoms with Crippen molar-refractivity contribution in [1.29, 1.82) is 0 Å². The highest BCUT2D eigenvalue weighted by Gasteiger charge is 2.19. The number of fused-ring (bicyclic) bond motifs is 1. The molecule has 0 fully saturated rings. The molecule has 0 aliphatic carbocycles. The van der Waals surface area contributed by atoms with Crippen molar-refractivity contribution in [2.75, 3.05) is 13.2 Å². The van der Waals surface area contributed by atoms with Crippen LogP contribution in [0.5, 0.6) is 5.75 Å². The Morgan fingerprint density at radius 1 is 1.53 bits per heavy atom. The molecule has 15 heavy (non-hydrogen) atoms. The largest absolute Gasteiger partial charge is 0.489 e. The Morgan fingerprint density at radius 3 is 3.20 bits per heavy atom. The molecule has 1 aliphatic rings. The van der Waals surface area contributed by atoms with Crippen LogP contribution in [0, 0.1) is 0 Å². The minimum Gasteiger partial charge on any atom is -0.489 e. The van der Waals surface area contributed by atoms with Crippen LogP contribution in [0.15, 0.2) is 30.9 Å². The first-order valence-electron chi connectivity index (χ1n) is 4.96. The molecule has 2 rings (SSSR count). The number of carbonyl (C=O) groups excluding carboxylic acids is 1. The third-order valence-corrected chi connectivity index (χ3v) is 2.39.